The molecule has 0 aliphatic rings. The highest BCUT2D eigenvalue weighted by molar-refractivity contribution is 5.93. The number of methoxy groups -OCH3 is 1. The van der Waals surface area contributed by atoms with E-state index in [2.05, 4.69) is 15.3 Å². The first kappa shape index (κ1) is 24.5. The van der Waals surface area contributed by atoms with Gasteiger partial charge in [0.1, 0.15) is 29.2 Å². The Morgan fingerprint density at radius 3 is 2.63 bits per heavy atom. The van der Waals surface area contributed by atoms with Crippen LogP contribution in [0.2, 0.25) is 0 Å². The van der Waals surface area contributed by atoms with Gasteiger partial charge in [0.05, 0.1) is 30.0 Å². The van der Waals surface area contributed by atoms with Crippen molar-refractivity contribution in [1.29, 1.82) is 0 Å². The molecule has 0 amide bonds. The summed E-state index contributed by atoms with van der Waals surface area (Å²) in [5, 5.41) is 18.3. The molecule has 0 saturated carbocycles. The first-order valence-corrected chi connectivity index (χ1v) is 11.7. The van der Waals surface area contributed by atoms with E-state index < -0.39 is 12.0 Å². The molecule has 1 atom stereocenters. The van der Waals surface area contributed by atoms with Crippen LogP contribution in [0.3, 0.4) is 0 Å². The van der Waals surface area contributed by atoms with E-state index in [1.165, 1.54) is 31.6 Å². The minimum absolute atomic E-state index is 0.126. The lowest BCUT2D eigenvalue weighted by Crippen LogP contribution is -2.29. The lowest BCUT2D eigenvalue weighted by atomic mass is 10.0. The number of phenolic OH excluding ortho intramolecular Hbond substituents is 1. The Balaban J connectivity index is 1.64. The van der Waals surface area contributed by atoms with Crippen LogP contribution < -0.4 is 16.6 Å². The summed E-state index contributed by atoms with van der Waals surface area (Å²) >= 11 is 0. The Morgan fingerprint density at radius 1 is 1.13 bits per heavy atom. The van der Waals surface area contributed by atoms with Gasteiger partial charge < -0.3 is 20.9 Å². The number of nitrogen functional groups attached to an aromatic ring is 1. The van der Waals surface area contributed by atoms with E-state index in [-0.39, 0.29) is 22.7 Å². The average Bonchev–Trinajstić information content (AvgIpc) is 3.29. The molecule has 5 rings (SSSR count). The van der Waals surface area contributed by atoms with Crippen molar-refractivity contribution in [3.05, 3.63) is 94.4 Å². The number of ether oxygens (including phenoxy) is 1. The Kier molecular flexibility index (Phi) is 6.25. The molecule has 38 heavy (non-hydrogen) atoms. The summed E-state index contributed by atoms with van der Waals surface area (Å²) in [4.78, 5) is 34.3. The highest BCUT2D eigenvalue weighted by atomic mass is 16.5. The van der Waals surface area contributed by atoms with Gasteiger partial charge in [-0.15, -0.1) is 0 Å². The van der Waals surface area contributed by atoms with Gasteiger partial charge in [0.25, 0.3) is 5.56 Å². The molecule has 0 fully saturated rings. The van der Waals surface area contributed by atoms with E-state index in [1.807, 2.05) is 50.2 Å². The smallest absolute Gasteiger partial charge is 0.338 e. The second-order valence-corrected chi connectivity index (χ2v) is 8.73. The van der Waals surface area contributed by atoms with E-state index in [0.717, 1.165) is 5.56 Å². The SMILES string of the molecule is COC(=O)c1cc(O)cc(-c2c(N)ncnc2N[C@@H](C)c2nn3ccc(C)c3c(=O)n2-c2ccccc2)c1. The molecule has 3 heterocycles. The van der Waals surface area contributed by atoms with Crippen LogP contribution in [0.5, 0.6) is 5.75 Å². The zero-order valence-corrected chi connectivity index (χ0v) is 20.9. The molecule has 5 aromatic rings. The summed E-state index contributed by atoms with van der Waals surface area (Å²) < 4.78 is 7.93. The molecule has 11 nitrogen and oxygen atoms in total. The minimum Gasteiger partial charge on any atom is -0.508 e. The van der Waals surface area contributed by atoms with Gasteiger partial charge >= 0.3 is 5.97 Å². The second kappa shape index (κ2) is 9.69. The maximum absolute atomic E-state index is 13.7. The van der Waals surface area contributed by atoms with Crippen molar-refractivity contribution in [1.82, 2.24) is 24.1 Å². The molecule has 0 aliphatic heterocycles. The minimum atomic E-state index is -0.619. The van der Waals surface area contributed by atoms with Gasteiger partial charge in [0, 0.05) is 6.20 Å². The van der Waals surface area contributed by atoms with Crippen molar-refractivity contribution < 1.29 is 14.6 Å². The Morgan fingerprint density at radius 2 is 1.89 bits per heavy atom. The molecule has 0 spiro atoms. The number of aromatic hydroxyl groups is 1. The van der Waals surface area contributed by atoms with Gasteiger partial charge in [0.15, 0.2) is 5.82 Å². The van der Waals surface area contributed by atoms with Crippen LogP contribution in [-0.4, -0.2) is 42.3 Å². The number of nitrogens with two attached hydrogens (primary N) is 1. The number of aryl methyl sites for hydroxylation is 1. The third kappa shape index (κ3) is 4.30. The van der Waals surface area contributed by atoms with E-state index >= 15 is 0 Å². The number of nitrogens with zero attached hydrogens (tertiary/aromatic N) is 5. The number of carbonyl (C=O) groups is 1. The van der Waals surface area contributed by atoms with Gasteiger partial charge in [-0.05, 0) is 61.4 Å². The van der Waals surface area contributed by atoms with Crippen molar-refractivity contribution in [3.8, 4) is 22.6 Å². The molecule has 11 heteroatoms. The fraction of sp³-hybridized carbons (Fsp3) is 0.148. The summed E-state index contributed by atoms with van der Waals surface area (Å²) in [7, 11) is 1.25. The predicted molar refractivity (Wildman–Crippen MR) is 142 cm³/mol. The van der Waals surface area contributed by atoms with Crippen LogP contribution in [0.4, 0.5) is 11.6 Å². The second-order valence-electron chi connectivity index (χ2n) is 8.73. The molecule has 4 N–H and O–H groups in total. The van der Waals surface area contributed by atoms with Crippen LogP contribution in [0, 0.1) is 6.92 Å². The van der Waals surface area contributed by atoms with E-state index in [4.69, 9.17) is 15.6 Å². The Labute approximate surface area is 217 Å². The normalized spacial score (nSPS) is 11.9. The van der Waals surface area contributed by atoms with Gasteiger partial charge in [-0.3, -0.25) is 9.36 Å². The maximum atomic E-state index is 13.7. The number of benzene rings is 2. The van der Waals surface area contributed by atoms with Crippen molar-refractivity contribution in [2.75, 3.05) is 18.2 Å². The van der Waals surface area contributed by atoms with E-state index in [1.54, 1.807) is 15.3 Å². The molecule has 3 aromatic heterocycles. The first-order chi connectivity index (χ1) is 18.3. The van der Waals surface area contributed by atoms with Crippen LogP contribution in [0.15, 0.2) is 71.9 Å². The monoisotopic (exact) mass is 511 g/mol. The largest absolute Gasteiger partial charge is 0.508 e. The third-order valence-corrected chi connectivity index (χ3v) is 6.17. The van der Waals surface area contributed by atoms with Crippen molar-refractivity contribution in [2.45, 2.75) is 19.9 Å². The van der Waals surface area contributed by atoms with Crippen LogP contribution in [0.25, 0.3) is 22.3 Å². The fourth-order valence-electron chi connectivity index (χ4n) is 4.39. The zero-order valence-electron chi connectivity index (χ0n) is 20.9. The predicted octanol–water partition coefficient (Wildman–Crippen LogP) is 3.50. The van der Waals surface area contributed by atoms with Crippen molar-refractivity contribution in [2.24, 2.45) is 0 Å². The summed E-state index contributed by atoms with van der Waals surface area (Å²) in [6.45, 7) is 3.71. The maximum Gasteiger partial charge on any atom is 0.338 e. The van der Waals surface area contributed by atoms with E-state index in [0.29, 0.717) is 34.0 Å². The topological polar surface area (TPSA) is 150 Å². The van der Waals surface area contributed by atoms with Crippen LogP contribution in [0.1, 0.15) is 34.7 Å². The molecule has 2 aromatic carbocycles. The van der Waals surface area contributed by atoms with Crippen LogP contribution >= 0.6 is 0 Å². The number of rotatable bonds is 6. The number of esters is 1. The molecular formula is C27H25N7O4. The lowest BCUT2D eigenvalue weighted by molar-refractivity contribution is 0.0600. The summed E-state index contributed by atoms with van der Waals surface area (Å²) in [5.74, 6) is 0.105. The summed E-state index contributed by atoms with van der Waals surface area (Å²) in [5.41, 5.74) is 8.89. The number of hydrogen-bond acceptors (Lipinski definition) is 9. The number of anilines is 2. The number of para-hydroxylation sites is 1. The Bertz CT molecular complexity index is 1730. The highest BCUT2D eigenvalue weighted by Crippen LogP contribution is 2.35. The first-order valence-electron chi connectivity index (χ1n) is 11.7. The molecule has 0 saturated heterocycles. The molecule has 0 unspecified atom stereocenters. The van der Waals surface area contributed by atoms with E-state index in [9.17, 15) is 14.7 Å². The standard InChI is InChI=1S/C27H25N7O4/c1-15-9-10-33-22(15)26(36)34(19-7-5-4-6-8-19)25(32-33)16(2)31-24-21(23(28)29-14-30-24)17-11-18(27(37)38-3)13-20(35)12-17/h4-14,16,35H,1-3H3,(H3,28,29,30,31)/t16-/m0/s1. The summed E-state index contributed by atoms with van der Waals surface area (Å²) in [6.07, 6.45) is 3.04. The average molecular weight is 512 g/mol. The third-order valence-electron chi connectivity index (χ3n) is 6.17. The van der Waals surface area contributed by atoms with Crippen LogP contribution in [-0.2, 0) is 4.74 Å². The molecular weight excluding hydrogens is 486 g/mol. The summed E-state index contributed by atoms with van der Waals surface area (Å²) in [6, 6.07) is 14.8. The number of nitrogens with one attached hydrogen (secondary N) is 1. The Hall–Kier alpha value is -5.19. The number of phenols is 1. The lowest BCUT2D eigenvalue weighted by Gasteiger charge is -2.21. The molecule has 0 bridgehead atoms. The molecule has 192 valence electrons. The molecule has 0 radical (unpaired) electrons. The number of fused-ring (bicyclic) bond motifs is 1. The number of aromatic nitrogens is 5. The van der Waals surface area contributed by atoms with Gasteiger partial charge in [-0.25, -0.2) is 19.3 Å². The highest BCUT2D eigenvalue weighted by Gasteiger charge is 2.22. The molecule has 0 aliphatic carbocycles. The zero-order chi connectivity index (χ0) is 27.0. The quantitative estimate of drug-likeness (QED) is 0.291. The van der Waals surface area contributed by atoms with Gasteiger partial charge in [-0.2, -0.15) is 5.10 Å². The van der Waals surface area contributed by atoms with Crippen molar-refractivity contribution in [3.63, 3.8) is 0 Å². The fourth-order valence-corrected chi connectivity index (χ4v) is 4.39. The number of carbonyl (C=O) groups excluding carboxylic acids is 1. The number of hydrogen-bond donors (Lipinski definition) is 3. The van der Waals surface area contributed by atoms with Gasteiger partial charge in [-0.1, -0.05) is 18.2 Å². The van der Waals surface area contributed by atoms with Crippen molar-refractivity contribution >= 4 is 23.1 Å². The van der Waals surface area contributed by atoms with Gasteiger partial charge in [0.2, 0.25) is 0 Å².